The van der Waals surface area contributed by atoms with Gasteiger partial charge in [-0.2, -0.15) is 0 Å². The van der Waals surface area contributed by atoms with E-state index in [0.717, 1.165) is 20.8 Å². The van der Waals surface area contributed by atoms with E-state index >= 15 is 0 Å². The third kappa shape index (κ3) is 8.56. The Kier molecular flexibility index (Phi) is 10.0. The molecule has 14 heteroatoms. The highest BCUT2D eigenvalue weighted by atomic mass is 16.6. The maximum atomic E-state index is 13.1. The highest BCUT2D eigenvalue weighted by Gasteiger charge is 2.55. The number of aliphatic carboxylic acids is 1. The molecule has 0 aliphatic heterocycles. The number of nitrogens with one attached hydrogen (secondary N) is 1. The molecule has 1 fully saturated rings. The molecule has 5 atom stereocenters. The average Bonchev–Trinajstić information content (AvgIpc) is 2.65. The second kappa shape index (κ2) is 12.0. The number of amides is 1. The monoisotopic (exact) mass is 474 g/mol. The summed E-state index contributed by atoms with van der Waals surface area (Å²) in [7, 11) is 0. The van der Waals surface area contributed by atoms with Crippen molar-refractivity contribution >= 4 is 35.7 Å². The van der Waals surface area contributed by atoms with Crippen LogP contribution in [0.1, 0.15) is 46.5 Å². The number of esters is 3. The molecule has 0 spiro atoms. The van der Waals surface area contributed by atoms with Crippen molar-refractivity contribution in [2.24, 2.45) is 16.5 Å². The molecule has 186 valence electrons. The molecule has 0 aromatic heterocycles. The van der Waals surface area contributed by atoms with E-state index in [1.807, 2.05) is 0 Å². The van der Waals surface area contributed by atoms with Crippen molar-refractivity contribution in [1.29, 1.82) is 0 Å². The van der Waals surface area contributed by atoms with E-state index in [1.54, 1.807) is 0 Å². The van der Waals surface area contributed by atoms with Crippen LogP contribution in [0.5, 0.6) is 0 Å². The number of ether oxygens (including phenoxy) is 3. The Bertz CT molecular complexity index is 797. The van der Waals surface area contributed by atoms with Crippen molar-refractivity contribution in [2.75, 3.05) is 6.54 Å². The van der Waals surface area contributed by atoms with Crippen LogP contribution in [0.2, 0.25) is 0 Å². The van der Waals surface area contributed by atoms with Crippen molar-refractivity contribution in [3.63, 3.8) is 0 Å². The SMILES string of the molecule is CC(=O)O[C@H]1[C@@H](OC(C)=O)C[C@](OC(C)=O)(C(=O)N[C@@H](CCCN=C(N)N)C(=O)O)C[C@@H]1O. The third-order valence-corrected chi connectivity index (χ3v) is 4.74. The van der Waals surface area contributed by atoms with Crippen LogP contribution in [-0.4, -0.2) is 82.5 Å². The molecule has 0 saturated heterocycles. The van der Waals surface area contributed by atoms with E-state index in [-0.39, 0.29) is 25.3 Å². The first kappa shape index (κ1) is 27.6. The van der Waals surface area contributed by atoms with E-state index in [9.17, 15) is 34.2 Å². The molecule has 1 aliphatic rings. The van der Waals surface area contributed by atoms with E-state index in [4.69, 9.17) is 25.7 Å². The zero-order valence-electron chi connectivity index (χ0n) is 18.6. The number of carbonyl (C=O) groups excluding carboxylic acids is 4. The first-order valence-electron chi connectivity index (χ1n) is 10.1. The van der Waals surface area contributed by atoms with Gasteiger partial charge >= 0.3 is 23.9 Å². The molecule has 14 nitrogen and oxygen atoms in total. The molecule has 0 radical (unpaired) electrons. The molecule has 1 amide bonds. The van der Waals surface area contributed by atoms with Gasteiger partial charge in [0.25, 0.3) is 5.91 Å². The summed E-state index contributed by atoms with van der Waals surface area (Å²) in [5.41, 5.74) is 8.34. The topological polar surface area (TPSA) is 230 Å². The molecular weight excluding hydrogens is 444 g/mol. The summed E-state index contributed by atoms with van der Waals surface area (Å²) in [5.74, 6) is -5.03. The molecule has 1 rings (SSSR count). The minimum Gasteiger partial charge on any atom is -0.480 e. The van der Waals surface area contributed by atoms with E-state index in [2.05, 4.69) is 10.3 Å². The standard InChI is InChI=1S/C19H30N4O10/c1-9(24)31-14-8-19(33-11(3)26,7-13(27)15(14)32-10(2)25)17(30)23-12(16(28)29)5-4-6-22-18(20)21/h12-15,27H,4-8H2,1-3H3,(H,23,30)(H,28,29)(H4,20,21,22)/t12-,13-,14-,15+,19-/m0/s1. The molecule has 0 aromatic carbocycles. The van der Waals surface area contributed by atoms with Crippen LogP contribution in [0.15, 0.2) is 4.99 Å². The van der Waals surface area contributed by atoms with Gasteiger partial charge in [0.05, 0.1) is 6.10 Å². The van der Waals surface area contributed by atoms with E-state index in [0.29, 0.717) is 0 Å². The predicted octanol–water partition coefficient (Wildman–Crippen LogP) is -2.07. The summed E-state index contributed by atoms with van der Waals surface area (Å²) in [4.78, 5) is 63.3. The molecule has 0 bridgehead atoms. The second-order valence-electron chi connectivity index (χ2n) is 7.60. The van der Waals surface area contributed by atoms with Gasteiger partial charge in [-0.05, 0) is 12.8 Å². The molecular formula is C19H30N4O10. The second-order valence-corrected chi connectivity index (χ2v) is 7.60. The number of nitrogens with zero attached hydrogens (tertiary/aromatic N) is 1. The number of carboxylic acid groups (broad SMARTS) is 1. The largest absolute Gasteiger partial charge is 0.480 e. The first-order valence-corrected chi connectivity index (χ1v) is 10.1. The summed E-state index contributed by atoms with van der Waals surface area (Å²) in [6, 6.07) is -1.39. The van der Waals surface area contributed by atoms with E-state index < -0.39 is 72.6 Å². The number of hydrogen-bond acceptors (Lipinski definition) is 10. The van der Waals surface area contributed by atoms with Gasteiger partial charge in [-0.15, -0.1) is 0 Å². The van der Waals surface area contributed by atoms with Crippen LogP contribution in [-0.2, 0) is 38.2 Å². The summed E-state index contributed by atoms with van der Waals surface area (Å²) in [6.45, 7) is 3.28. The summed E-state index contributed by atoms with van der Waals surface area (Å²) in [6.07, 6.45) is -5.09. The highest BCUT2D eigenvalue weighted by molar-refractivity contribution is 5.91. The lowest BCUT2D eigenvalue weighted by molar-refractivity contribution is -0.209. The number of carbonyl (C=O) groups is 5. The van der Waals surface area contributed by atoms with Crippen LogP contribution in [0.25, 0.3) is 0 Å². The molecule has 1 aliphatic carbocycles. The van der Waals surface area contributed by atoms with Gasteiger partial charge < -0.3 is 41.2 Å². The van der Waals surface area contributed by atoms with Gasteiger partial charge in [0.1, 0.15) is 12.1 Å². The summed E-state index contributed by atoms with van der Waals surface area (Å²) >= 11 is 0. The molecule has 1 saturated carbocycles. The lowest BCUT2D eigenvalue weighted by Crippen LogP contribution is -2.63. The number of guanidine groups is 1. The Balaban J connectivity index is 3.17. The summed E-state index contributed by atoms with van der Waals surface area (Å²) < 4.78 is 15.4. The minimum atomic E-state index is -2.09. The van der Waals surface area contributed by atoms with E-state index in [1.165, 1.54) is 0 Å². The van der Waals surface area contributed by atoms with Crippen molar-refractivity contribution in [3.8, 4) is 0 Å². The minimum absolute atomic E-state index is 0.0556. The van der Waals surface area contributed by atoms with Crippen molar-refractivity contribution in [3.05, 3.63) is 0 Å². The fourth-order valence-corrected chi connectivity index (χ4v) is 3.54. The maximum absolute atomic E-state index is 13.1. The lowest BCUT2D eigenvalue weighted by atomic mass is 9.78. The van der Waals surface area contributed by atoms with Crippen LogP contribution in [0.4, 0.5) is 0 Å². The Morgan fingerprint density at radius 3 is 2.15 bits per heavy atom. The number of aliphatic hydroxyl groups excluding tert-OH is 1. The number of hydrogen-bond donors (Lipinski definition) is 5. The van der Waals surface area contributed by atoms with Crippen LogP contribution < -0.4 is 16.8 Å². The lowest BCUT2D eigenvalue weighted by Gasteiger charge is -2.44. The zero-order chi connectivity index (χ0) is 25.3. The normalized spacial score (nSPS) is 25.2. The number of aliphatic imine (C=N–C) groups is 1. The Hall–Kier alpha value is -3.42. The van der Waals surface area contributed by atoms with Crippen LogP contribution in [0, 0.1) is 0 Å². The number of carboxylic acids is 1. The Morgan fingerprint density at radius 2 is 1.67 bits per heavy atom. The Morgan fingerprint density at radius 1 is 1.06 bits per heavy atom. The molecule has 0 heterocycles. The highest BCUT2D eigenvalue weighted by Crippen LogP contribution is 2.36. The maximum Gasteiger partial charge on any atom is 0.326 e. The smallest absolute Gasteiger partial charge is 0.326 e. The van der Waals surface area contributed by atoms with Crippen molar-refractivity contribution in [1.82, 2.24) is 5.32 Å². The first-order chi connectivity index (χ1) is 15.3. The number of aliphatic hydroxyl groups is 1. The fraction of sp³-hybridized carbons (Fsp3) is 0.684. The predicted molar refractivity (Wildman–Crippen MR) is 110 cm³/mol. The third-order valence-electron chi connectivity index (χ3n) is 4.74. The van der Waals surface area contributed by atoms with Gasteiger partial charge in [-0.1, -0.05) is 0 Å². The number of rotatable bonds is 10. The van der Waals surface area contributed by atoms with Gasteiger partial charge in [0.15, 0.2) is 17.7 Å². The van der Waals surface area contributed by atoms with Gasteiger partial charge in [0, 0.05) is 40.2 Å². The zero-order valence-corrected chi connectivity index (χ0v) is 18.6. The van der Waals surface area contributed by atoms with Crippen molar-refractivity contribution in [2.45, 2.75) is 76.4 Å². The van der Waals surface area contributed by atoms with Gasteiger partial charge in [0.2, 0.25) is 0 Å². The molecule has 0 unspecified atom stereocenters. The van der Waals surface area contributed by atoms with Crippen molar-refractivity contribution < 1.29 is 48.4 Å². The van der Waals surface area contributed by atoms with Crippen LogP contribution in [0.3, 0.4) is 0 Å². The quantitative estimate of drug-likeness (QED) is 0.0755. The number of nitrogens with two attached hydrogens (primary N) is 2. The average molecular weight is 474 g/mol. The fourth-order valence-electron chi connectivity index (χ4n) is 3.54. The van der Waals surface area contributed by atoms with Gasteiger partial charge in [-0.25, -0.2) is 4.79 Å². The Labute approximate surface area is 189 Å². The molecule has 0 aromatic rings. The molecule has 7 N–H and O–H groups in total. The van der Waals surface area contributed by atoms with Crippen LogP contribution >= 0.6 is 0 Å². The summed E-state index contributed by atoms with van der Waals surface area (Å²) in [5, 5.41) is 22.3. The molecule has 33 heavy (non-hydrogen) atoms. The van der Waals surface area contributed by atoms with Gasteiger partial charge in [-0.3, -0.25) is 24.2 Å².